The highest BCUT2D eigenvalue weighted by atomic mass is 35.5. The second-order valence-electron chi connectivity index (χ2n) is 4.33. The molecular formula is C14H15ClN2O2. The topological polar surface area (TPSA) is 55.2 Å². The molecule has 1 N–H and O–H groups in total. The fourth-order valence-corrected chi connectivity index (χ4v) is 1.66. The number of benzene rings is 1. The van der Waals surface area contributed by atoms with Crippen molar-refractivity contribution in [3.8, 4) is 5.88 Å². The molecule has 19 heavy (non-hydrogen) atoms. The van der Waals surface area contributed by atoms with Gasteiger partial charge in [0.2, 0.25) is 5.88 Å². The Morgan fingerprint density at radius 2 is 1.89 bits per heavy atom. The van der Waals surface area contributed by atoms with Gasteiger partial charge in [-0.1, -0.05) is 23.7 Å². The molecule has 0 aliphatic carbocycles. The van der Waals surface area contributed by atoms with Crippen molar-refractivity contribution in [1.82, 2.24) is 10.2 Å². The number of aliphatic hydroxyl groups excluding tert-OH is 1. The molecule has 1 aromatic carbocycles. The van der Waals surface area contributed by atoms with Crippen LogP contribution in [0.3, 0.4) is 0 Å². The van der Waals surface area contributed by atoms with Gasteiger partial charge in [0.25, 0.3) is 0 Å². The van der Waals surface area contributed by atoms with E-state index in [9.17, 15) is 5.11 Å². The van der Waals surface area contributed by atoms with Gasteiger partial charge in [-0.3, -0.25) is 0 Å². The second kappa shape index (κ2) is 5.99. The van der Waals surface area contributed by atoms with Crippen molar-refractivity contribution in [1.29, 1.82) is 0 Å². The number of aryl methyl sites for hydroxylation is 2. The van der Waals surface area contributed by atoms with Crippen LogP contribution in [0, 0.1) is 13.8 Å². The molecule has 0 aliphatic heterocycles. The van der Waals surface area contributed by atoms with Gasteiger partial charge in [-0.15, -0.1) is 5.10 Å². The lowest BCUT2D eigenvalue weighted by atomic mass is 10.1. The summed E-state index contributed by atoms with van der Waals surface area (Å²) in [4.78, 5) is 0. The number of aromatic nitrogens is 2. The molecule has 0 amide bonds. The molecule has 2 rings (SSSR count). The van der Waals surface area contributed by atoms with Gasteiger partial charge in [-0.2, -0.15) is 5.10 Å². The Morgan fingerprint density at radius 3 is 2.53 bits per heavy atom. The van der Waals surface area contributed by atoms with Gasteiger partial charge in [0.15, 0.2) is 0 Å². The van der Waals surface area contributed by atoms with Gasteiger partial charge < -0.3 is 9.84 Å². The van der Waals surface area contributed by atoms with Crippen molar-refractivity contribution in [3.05, 3.63) is 52.2 Å². The second-order valence-corrected chi connectivity index (χ2v) is 4.77. The van der Waals surface area contributed by atoms with Gasteiger partial charge in [0.1, 0.15) is 12.7 Å². The summed E-state index contributed by atoms with van der Waals surface area (Å²) in [5, 5.41) is 18.5. The van der Waals surface area contributed by atoms with Crippen LogP contribution in [0.15, 0.2) is 30.3 Å². The van der Waals surface area contributed by atoms with Crippen LogP contribution in [-0.4, -0.2) is 21.9 Å². The number of halogens is 1. The first-order valence-corrected chi connectivity index (χ1v) is 6.31. The quantitative estimate of drug-likeness (QED) is 0.934. The van der Waals surface area contributed by atoms with E-state index in [2.05, 4.69) is 10.2 Å². The number of hydrogen-bond donors (Lipinski definition) is 1. The van der Waals surface area contributed by atoms with Gasteiger partial charge in [-0.05, 0) is 37.1 Å². The number of rotatable bonds is 4. The summed E-state index contributed by atoms with van der Waals surface area (Å²) in [7, 11) is 0. The molecule has 1 aromatic heterocycles. The predicted octanol–water partition coefficient (Wildman–Crippen LogP) is 2.86. The fourth-order valence-electron chi connectivity index (χ4n) is 1.54. The predicted molar refractivity (Wildman–Crippen MR) is 73.4 cm³/mol. The average molecular weight is 279 g/mol. The molecule has 0 saturated heterocycles. The highest BCUT2D eigenvalue weighted by molar-refractivity contribution is 6.30. The Balaban J connectivity index is 1.98. The van der Waals surface area contributed by atoms with E-state index >= 15 is 0 Å². The van der Waals surface area contributed by atoms with Crippen LogP contribution in [0.2, 0.25) is 5.02 Å². The van der Waals surface area contributed by atoms with Crippen LogP contribution in [-0.2, 0) is 0 Å². The summed E-state index contributed by atoms with van der Waals surface area (Å²) in [5.41, 5.74) is 2.62. The molecule has 1 unspecified atom stereocenters. The zero-order chi connectivity index (χ0) is 13.8. The van der Waals surface area contributed by atoms with Crippen LogP contribution in [0.1, 0.15) is 22.9 Å². The summed E-state index contributed by atoms with van der Waals surface area (Å²) >= 11 is 5.79. The molecule has 1 heterocycles. The SMILES string of the molecule is Cc1cc(OCC(O)c2ccc(Cl)cc2)nnc1C. The van der Waals surface area contributed by atoms with Gasteiger partial charge in [0.05, 0.1) is 5.69 Å². The molecule has 2 aromatic rings. The first-order valence-electron chi connectivity index (χ1n) is 5.93. The van der Waals surface area contributed by atoms with E-state index in [1.165, 1.54) is 0 Å². The first kappa shape index (κ1) is 13.8. The lowest BCUT2D eigenvalue weighted by Gasteiger charge is -2.12. The molecule has 1 atom stereocenters. The number of aliphatic hydroxyl groups is 1. The normalized spacial score (nSPS) is 12.2. The van der Waals surface area contributed by atoms with E-state index in [0.29, 0.717) is 10.9 Å². The van der Waals surface area contributed by atoms with E-state index in [1.54, 1.807) is 30.3 Å². The standard InChI is InChI=1S/C14H15ClN2O2/c1-9-7-14(17-16-10(9)2)19-8-13(18)11-3-5-12(15)6-4-11/h3-7,13,18H,8H2,1-2H3. The van der Waals surface area contributed by atoms with Crippen LogP contribution in [0.5, 0.6) is 5.88 Å². The fraction of sp³-hybridized carbons (Fsp3) is 0.286. The summed E-state index contributed by atoms with van der Waals surface area (Å²) in [5.74, 6) is 0.413. The van der Waals surface area contributed by atoms with Gasteiger partial charge in [0, 0.05) is 11.1 Å². The number of nitrogens with zero attached hydrogens (tertiary/aromatic N) is 2. The van der Waals surface area contributed by atoms with E-state index in [-0.39, 0.29) is 6.61 Å². The Morgan fingerprint density at radius 1 is 1.21 bits per heavy atom. The number of hydrogen-bond acceptors (Lipinski definition) is 4. The van der Waals surface area contributed by atoms with E-state index in [4.69, 9.17) is 16.3 Å². The third-order valence-electron chi connectivity index (χ3n) is 2.85. The minimum absolute atomic E-state index is 0.124. The summed E-state index contributed by atoms with van der Waals surface area (Å²) in [6.45, 7) is 3.94. The molecule has 5 heteroatoms. The van der Waals surface area contributed by atoms with E-state index in [0.717, 1.165) is 16.8 Å². The summed E-state index contributed by atoms with van der Waals surface area (Å²) in [6.07, 6.45) is -0.722. The molecule has 0 radical (unpaired) electrons. The lowest BCUT2D eigenvalue weighted by Crippen LogP contribution is -2.11. The van der Waals surface area contributed by atoms with Gasteiger partial charge >= 0.3 is 0 Å². The largest absolute Gasteiger partial charge is 0.473 e. The van der Waals surface area contributed by atoms with Crippen molar-refractivity contribution in [2.75, 3.05) is 6.61 Å². The number of ether oxygens (including phenoxy) is 1. The Labute approximate surface area is 117 Å². The maximum atomic E-state index is 9.98. The van der Waals surface area contributed by atoms with E-state index < -0.39 is 6.10 Å². The highest BCUT2D eigenvalue weighted by Gasteiger charge is 2.09. The van der Waals surface area contributed by atoms with Crippen LogP contribution >= 0.6 is 11.6 Å². The van der Waals surface area contributed by atoms with Crippen LogP contribution in [0.4, 0.5) is 0 Å². The molecule has 0 saturated carbocycles. The molecule has 0 aliphatic rings. The minimum Gasteiger partial charge on any atom is -0.473 e. The summed E-state index contributed by atoms with van der Waals surface area (Å²) < 4.78 is 5.43. The van der Waals surface area contributed by atoms with E-state index in [1.807, 2.05) is 13.8 Å². The van der Waals surface area contributed by atoms with Crippen LogP contribution in [0.25, 0.3) is 0 Å². The maximum Gasteiger partial charge on any atom is 0.233 e. The summed E-state index contributed by atoms with van der Waals surface area (Å²) in [6, 6.07) is 8.80. The minimum atomic E-state index is -0.722. The highest BCUT2D eigenvalue weighted by Crippen LogP contribution is 2.18. The molecule has 4 nitrogen and oxygen atoms in total. The smallest absolute Gasteiger partial charge is 0.233 e. The van der Waals surface area contributed by atoms with Crippen molar-refractivity contribution in [2.24, 2.45) is 0 Å². The first-order chi connectivity index (χ1) is 9.06. The molecule has 0 spiro atoms. The maximum absolute atomic E-state index is 9.98. The molecular weight excluding hydrogens is 264 g/mol. The Bertz CT molecular complexity index is 558. The third-order valence-corrected chi connectivity index (χ3v) is 3.11. The third kappa shape index (κ3) is 3.66. The monoisotopic (exact) mass is 278 g/mol. The zero-order valence-corrected chi connectivity index (χ0v) is 11.6. The molecule has 0 fully saturated rings. The Kier molecular flexibility index (Phi) is 4.35. The van der Waals surface area contributed by atoms with Crippen LogP contribution < -0.4 is 4.74 Å². The Hall–Kier alpha value is -1.65. The van der Waals surface area contributed by atoms with Crippen molar-refractivity contribution < 1.29 is 9.84 Å². The van der Waals surface area contributed by atoms with Gasteiger partial charge in [-0.25, -0.2) is 0 Å². The molecule has 0 bridgehead atoms. The zero-order valence-electron chi connectivity index (χ0n) is 10.8. The lowest BCUT2D eigenvalue weighted by molar-refractivity contribution is 0.105. The molecule has 100 valence electrons. The average Bonchev–Trinajstić information content (AvgIpc) is 2.40. The van der Waals surface area contributed by atoms with Crippen molar-refractivity contribution in [3.63, 3.8) is 0 Å². The van der Waals surface area contributed by atoms with Crippen molar-refractivity contribution in [2.45, 2.75) is 20.0 Å². The van der Waals surface area contributed by atoms with Crippen molar-refractivity contribution >= 4 is 11.6 Å².